The van der Waals surface area contributed by atoms with E-state index < -0.39 is 16.6 Å². The van der Waals surface area contributed by atoms with Crippen LogP contribution in [-0.4, -0.2) is 15.0 Å². The summed E-state index contributed by atoms with van der Waals surface area (Å²) < 4.78 is 56.2. The van der Waals surface area contributed by atoms with Gasteiger partial charge in [0.15, 0.2) is 0 Å². The Hall–Kier alpha value is -2.15. The van der Waals surface area contributed by atoms with Crippen molar-refractivity contribution in [1.29, 1.82) is 0 Å². The summed E-state index contributed by atoms with van der Waals surface area (Å²) in [6, 6.07) is 12.2. The van der Waals surface area contributed by atoms with Crippen LogP contribution in [0.25, 0.3) is 0 Å². The first kappa shape index (κ1) is 18.2. The second kappa shape index (κ2) is 8.10. The van der Waals surface area contributed by atoms with Crippen LogP contribution in [0.3, 0.4) is 0 Å². The van der Waals surface area contributed by atoms with Gasteiger partial charge in [0.25, 0.3) is 10.0 Å². The standard InChI is InChI=1S/C17H19F2NO3S/c1-2-3-6-13-9-11-14(12-10-13)24(21,22)20-15-7-4-5-8-16(15)23-17(18)19/h4-5,7-12,17,20H,2-3,6H2,1H3. The Morgan fingerprint density at radius 1 is 1.08 bits per heavy atom. The van der Waals surface area contributed by atoms with Crippen molar-refractivity contribution in [3.8, 4) is 5.75 Å². The molecule has 0 amide bonds. The first-order chi connectivity index (χ1) is 11.4. The maximum atomic E-state index is 12.4. The highest BCUT2D eigenvalue weighted by Gasteiger charge is 2.17. The van der Waals surface area contributed by atoms with E-state index in [-0.39, 0.29) is 16.3 Å². The third-order valence-corrected chi connectivity index (χ3v) is 4.78. The van der Waals surface area contributed by atoms with Gasteiger partial charge in [0.05, 0.1) is 10.6 Å². The minimum Gasteiger partial charge on any atom is -0.433 e. The van der Waals surface area contributed by atoms with Crippen molar-refractivity contribution < 1.29 is 21.9 Å². The zero-order chi connectivity index (χ0) is 17.6. The number of benzene rings is 2. The van der Waals surface area contributed by atoms with Crippen LogP contribution in [0.5, 0.6) is 5.75 Å². The van der Waals surface area contributed by atoms with Crippen molar-refractivity contribution >= 4 is 15.7 Å². The molecule has 0 aliphatic heterocycles. The molecule has 0 saturated heterocycles. The molecule has 2 rings (SSSR count). The van der Waals surface area contributed by atoms with Crippen molar-refractivity contribution in [3.05, 3.63) is 54.1 Å². The Labute approximate surface area is 140 Å². The van der Waals surface area contributed by atoms with Crippen LogP contribution in [0.4, 0.5) is 14.5 Å². The summed E-state index contributed by atoms with van der Waals surface area (Å²) in [5, 5.41) is 0. The lowest BCUT2D eigenvalue weighted by Crippen LogP contribution is -2.14. The molecule has 0 spiro atoms. The molecule has 4 nitrogen and oxygen atoms in total. The zero-order valence-electron chi connectivity index (χ0n) is 13.2. The van der Waals surface area contributed by atoms with E-state index in [1.165, 1.54) is 36.4 Å². The highest BCUT2D eigenvalue weighted by atomic mass is 32.2. The van der Waals surface area contributed by atoms with Gasteiger partial charge in [-0.2, -0.15) is 8.78 Å². The lowest BCUT2D eigenvalue weighted by Gasteiger charge is -2.13. The summed E-state index contributed by atoms with van der Waals surface area (Å²) in [4.78, 5) is 0.0644. The van der Waals surface area contributed by atoms with Gasteiger partial charge in [-0.1, -0.05) is 37.6 Å². The molecule has 130 valence electrons. The predicted octanol–water partition coefficient (Wildman–Crippen LogP) is 4.43. The van der Waals surface area contributed by atoms with Crippen molar-refractivity contribution in [3.63, 3.8) is 0 Å². The van der Waals surface area contributed by atoms with Gasteiger partial charge in [-0.05, 0) is 42.7 Å². The maximum absolute atomic E-state index is 12.4. The fraction of sp³-hybridized carbons (Fsp3) is 0.294. The van der Waals surface area contributed by atoms with Crippen molar-refractivity contribution in [1.82, 2.24) is 0 Å². The number of hydrogen-bond donors (Lipinski definition) is 1. The van der Waals surface area contributed by atoms with E-state index in [0.717, 1.165) is 24.8 Å². The van der Waals surface area contributed by atoms with Crippen LogP contribution in [0.15, 0.2) is 53.4 Å². The lowest BCUT2D eigenvalue weighted by atomic mass is 10.1. The first-order valence-corrected chi connectivity index (χ1v) is 9.06. The van der Waals surface area contributed by atoms with Gasteiger partial charge in [0.1, 0.15) is 5.75 Å². The second-order valence-electron chi connectivity index (χ2n) is 5.23. The highest BCUT2D eigenvalue weighted by Crippen LogP contribution is 2.28. The van der Waals surface area contributed by atoms with Crippen LogP contribution in [-0.2, 0) is 16.4 Å². The summed E-state index contributed by atoms with van der Waals surface area (Å²) >= 11 is 0. The molecule has 24 heavy (non-hydrogen) atoms. The van der Waals surface area contributed by atoms with Gasteiger partial charge in [-0.3, -0.25) is 4.72 Å². The quantitative estimate of drug-likeness (QED) is 0.762. The molecule has 7 heteroatoms. The van der Waals surface area contributed by atoms with E-state index in [0.29, 0.717) is 0 Å². The second-order valence-corrected chi connectivity index (χ2v) is 6.91. The van der Waals surface area contributed by atoms with Crippen LogP contribution in [0.2, 0.25) is 0 Å². The number of rotatable bonds is 8. The number of ether oxygens (including phenoxy) is 1. The molecular formula is C17H19F2NO3S. The average molecular weight is 355 g/mol. The normalized spacial score (nSPS) is 11.5. The fourth-order valence-corrected chi connectivity index (χ4v) is 3.24. The minimum absolute atomic E-state index is 0.0344. The zero-order valence-corrected chi connectivity index (χ0v) is 14.0. The molecule has 0 unspecified atom stereocenters. The monoisotopic (exact) mass is 355 g/mol. The molecule has 0 heterocycles. The van der Waals surface area contributed by atoms with E-state index >= 15 is 0 Å². The molecule has 0 aliphatic rings. The molecule has 0 radical (unpaired) electrons. The summed E-state index contributed by atoms with van der Waals surface area (Å²) in [6.07, 6.45) is 2.97. The van der Waals surface area contributed by atoms with E-state index in [2.05, 4.69) is 16.4 Å². The first-order valence-electron chi connectivity index (χ1n) is 7.58. The van der Waals surface area contributed by atoms with Gasteiger partial charge in [-0.25, -0.2) is 8.42 Å². The number of aryl methyl sites for hydroxylation is 1. The SMILES string of the molecule is CCCCc1ccc(S(=O)(=O)Nc2ccccc2OC(F)F)cc1. The number of sulfonamides is 1. The summed E-state index contributed by atoms with van der Waals surface area (Å²) in [5.74, 6) is -0.226. The molecule has 0 aromatic heterocycles. The topological polar surface area (TPSA) is 55.4 Å². The number of halogens is 2. The molecule has 1 N–H and O–H groups in total. The smallest absolute Gasteiger partial charge is 0.387 e. The van der Waals surface area contributed by atoms with Crippen LogP contribution in [0, 0.1) is 0 Å². The van der Waals surface area contributed by atoms with Gasteiger partial charge >= 0.3 is 6.61 Å². The van der Waals surface area contributed by atoms with Gasteiger partial charge < -0.3 is 4.74 Å². The fourth-order valence-electron chi connectivity index (χ4n) is 2.17. The highest BCUT2D eigenvalue weighted by molar-refractivity contribution is 7.92. The van der Waals surface area contributed by atoms with E-state index in [1.54, 1.807) is 12.1 Å². The number of alkyl halides is 2. The van der Waals surface area contributed by atoms with Gasteiger partial charge in [0.2, 0.25) is 0 Å². The maximum Gasteiger partial charge on any atom is 0.387 e. The number of hydrogen-bond acceptors (Lipinski definition) is 3. The van der Waals surface area contributed by atoms with Crippen molar-refractivity contribution in [2.45, 2.75) is 37.7 Å². The summed E-state index contributed by atoms with van der Waals surface area (Å²) in [7, 11) is -3.88. The van der Waals surface area contributed by atoms with E-state index in [4.69, 9.17) is 0 Å². The van der Waals surface area contributed by atoms with Crippen LogP contribution < -0.4 is 9.46 Å². The van der Waals surface area contributed by atoms with Crippen LogP contribution >= 0.6 is 0 Å². The Kier molecular flexibility index (Phi) is 6.14. The molecule has 0 atom stereocenters. The Balaban J connectivity index is 2.19. The number of anilines is 1. The Morgan fingerprint density at radius 3 is 2.38 bits per heavy atom. The molecule has 0 fully saturated rings. The van der Waals surface area contributed by atoms with Gasteiger partial charge in [-0.15, -0.1) is 0 Å². The summed E-state index contributed by atoms with van der Waals surface area (Å²) in [6.45, 7) is -0.949. The van der Waals surface area contributed by atoms with Crippen LogP contribution in [0.1, 0.15) is 25.3 Å². The van der Waals surface area contributed by atoms with Crippen molar-refractivity contribution in [2.24, 2.45) is 0 Å². The third kappa shape index (κ3) is 4.92. The van der Waals surface area contributed by atoms with E-state index in [1.807, 2.05) is 0 Å². The minimum atomic E-state index is -3.88. The van der Waals surface area contributed by atoms with E-state index in [9.17, 15) is 17.2 Å². The number of para-hydroxylation sites is 2. The molecule has 0 saturated carbocycles. The molecule has 0 aliphatic carbocycles. The Morgan fingerprint density at radius 2 is 1.75 bits per heavy atom. The number of unbranched alkanes of at least 4 members (excludes halogenated alkanes) is 1. The summed E-state index contributed by atoms with van der Waals surface area (Å²) in [5.41, 5.74) is 1.02. The predicted molar refractivity (Wildman–Crippen MR) is 88.9 cm³/mol. The Bertz CT molecular complexity index is 762. The number of nitrogens with one attached hydrogen (secondary N) is 1. The largest absolute Gasteiger partial charge is 0.433 e. The molecule has 2 aromatic rings. The molecule has 0 bridgehead atoms. The lowest BCUT2D eigenvalue weighted by molar-refractivity contribution is -0.0493. The molecular weight excluding hydrogens is 336 g/mol. The third-order valence-electron chi connectivity index (χ3n) is 3.40. The van der Waals surface area contributed by atoms with Crippen molar-refractivity contribution in [2.75, 3.05) is 4.72 Å². The van der Waals surface area contributed by atoms with Gasteiger partial charge in [0, 0.05) is 0 Å². The average Bonchev–Trinajstić information content (AvgIpc) is 2.54. The molecule has 2 aromatic carbocycles.